The van der Waals surface area contributed by atoms with E-state index in [1.807, 2.05) is 19.1 Å². The van der Waals surface area contributed by atoms with Crippen molar-refractivity contribution in [1.29, 1.82) is 0 Å². The van der Waals surface area contributed by atoms with Gasteiger partial charge in [0.1, 0.15) is 6.17 Å². The van der Waals surface area contributed by atoms with Crippen LogP contribution in [0.1, 0.15) is 65.7 Å². The fourth-order valence-corrected chi connectivity index (χ4v) is 5.73. The Morgan fingerprint density at radius 3 is 2.97 bits per heavy atom. The Morgan fingerprint density at radius 2 is 2.23 bits per heavy atom. The quantitative estimate of drug-likeness (QED) is 0.313. The Balaban J connectivity index is 1.71. The molecule has 5 unspecified atom stereocenters. The number of aliphatic hydroxyl groups excluding tert-OH is 1. The van der Waals surface area contributed by atoms with Gasteiger partial charge in [-0.2, -0.15) is 0 Å². The molecule has 3 rings (SSSR count). The van der Waals surface area contributed by atoms with Crippen LogP contribution in [0.15, 0.2) is 59.3 Å². The van der Waals surface area contributed by atoms with E-state index < -0.39 is 12.3 Å². The van der Waals surface area contributed by atoms with Gasteiger partial charge >= 0.3 is 5.97 Å². The van der Waals surface area contributed by atoms with Crippen LogP contribution in [0, 0.1) is 17.3 Å². The van der Waals surface area contributed by atoms with Gasteiger partial charge in [-0.05, 0) is 73.8 Å². The van der Waals surface area contributed by atoms with E-state index in [1.165, 1.54) is 23.6 Å². The third-order valence-corrected chi connectivity index (χ3v) is 7.40. The predicted molar refractivity (Wildman–Crippen MR) is 123 cm³/mol. The smallest absolute Gasteiger partial charge is 0.330 e. The van der Waals surface area contributed by atoms with Crippen molar-refractivity contribution in [2.75, 3.05) is 6.61 Å². The summed E-state index contributed by atoms with van der Waals surface area (Å²) in [6.07, 6.45) is 14.2. The van der Waals surface area contributed by atoms with Gasteiger partial charge < -0.3 is 9.84 Å². The lowest BCUT2D eigenvalue weighted by atomic mass is 9.62. The maximum Gasteiger partial charge on any atom is 0.330 e. The Morgan fingerprint density at radius 1 is 1.45 bits per heavy atom. The SMILES string of the molecule is C=C1/C(=C\C=C2/CCCC3(C)C(C(C)C/C=C/C(=O)OCC)=CCC23)CC(O)CC1F. The topological polar surface area (TPSA) is 46.5 Å². The fraction of sp³-hybridized carbons (Fsp3) is 0.593. The monoisotopic (exact) mass is 428 g/mol. The molecule has 3 aliphatic carbocycles. The Labute approximate surface area is 186 Å². The Hall–Kier alpha value is -1.94. The summed E-state index contributed by atoms with van der Waals surface area (Å²) in [5.74, 6) is 0.562. The number of hydrogen-bond acceptors (Lipinski definition) is 3. The molecule has 170 valence electrons. The molecule has 0 aliphatic heterocycles. The highest BCUT2D eigenvalue weighted by molar-refractivity contribution is 5.81. The molecule has 2 saturated carbocycles. The molecule has 0 amide bonds. The minimum absolute atomic E-state index is 0.130. The van der Waals surface area contributed by atoms with Crippen molar-refractivity contribution < 1.29 is 19.0 Å². The molecule has 5 atom stereocenters. The highest BCUT2D eigenvalue weighted by Crippen LogP contribution is 2.56. The van der Waals surface area contributed by atoms with E-state index in [0.717, 1.165) is 31.3 Å². The van der Waals surface area contributed by atoms with Crippen molar-refractivity contribution in [2.24, 2.45) is 17.3 Å². The number of hydrogen-bond donors (Lipinski definition) is 1. The van der Waals surface area contributed by atoms with Crippen LogP contribution in [0.5, 0.6) is 0 Å². The van der Waals surface area contributed by atoms with E-state index in [1.54, 1.807) is 0 Å². The first-order chi connectivity index (χ1) is 14.8. The Kier molecular flexibility index (Phi) is 7.74. The lowest BCUT2D eigenvalue weighted by Gasteiger charge is -2.42. The second-order valence-electron chi connectivity index (χ2n) is 9.53. The average Bonchev–Trinajstić information content (AvgIpc) is 3.07. The Bertz CT molecular complexity index is 818. The maximum absolute atomic E-state index is 14.1. The molecule has 0 aromatic heterocycles. The van der Waals surface area contributed by atoms with Gasteiger partial charge in [-0.15, -0.1) is 0 Å². The van der Waals surface area contributed by atoms with Crippen molar-refractivity contribution in [3.05, 3.63) is 59.3 Å². The summed E-state index contributed by atoms with van der Waals surface area (Å²) in [5.41, 5.74) is 4.41. The lowest BCUT2D eigenvalue weighted by molar-refractivity contribution is -0.137. The third-order valence-electron chi connectivity index (χ3n) is 7.40. The first-order valence-electron chi connectivity index (χ1n) is 11.7. The number of aliphatic hydroxyl groups is 1. The molecule has 4 heteroatoms. The van der Waals surface area contributed by atoms with E-state index in [2.05, 4.69) is 32.6 Å². The minimum atomic E-state index is -1.15. The van der Waals surface area contributed by atoms with Crippen LogP contribution >= 0.6 is 0 Å². The molecule has 0 saturated heterocycles. The normalized spacial score (nSPS) is 34.8. The summed E-state index contributed by atoms with van der Waals surface area (Å²) in [6.45, 7) is 10.7. The average molecular weight is 429 g/mol. The number of alkyl halides is 1. The van der Waals surface area contributed by atoms with Gasteiger partial charge in [0.05, 0.1) is 12.7 Å². The van der Waals surface area contributed by atoms with Gasteiger partial charge in [0.15, 0.2) is 0 Å². The second-order valence-corrected chi connectivity index (χ2v) is 9.53. The van der Waals surface area contributed by atoms with Crippen LogP contribution in [0.2, 0.25) is 0 Å². The molecule has 2 fully saturated rings. The molecular formula is C27H37FO3. The van der Waals surface area contributed by atoms with Crippen molar-refractivity contribution in [1.82, 2.24) is 0 Å². The summed E-state index contributed by atoms with van der Waals surface area (Å²) >= 11 is 0. The van der Waals surface area contributed by atoms with E-state index in [-0.39, 0.29) is 17.8 Å². The zero-order chi connectivity index (χ0) is 22.6. The number of halogens is 1. The van der Waals surface area contributed by atoms with E-state index >= 15 is 0 Å². The highest BCUT2D eigenvalue weighted by Gasteiger charge is 2.45. The number of esters is 1. The lowest BCUT2D eigenvalue weighted by Crippen LogP contribution is -2.32. The van der Waals surface area contributed by atoms with Gasteiger partial charge in [0.2, 0.25) is 0 Å². The fourth-order valence-electron chi connectivity index (χ4n) is 5.73. The summed E-state index contributed by atoms with van der Waals surface area (Å²) < 4.78 is 19.1. The molecule has 0 aromatic rings. The molecule has 31 heavy (non-hydrogen) atoms. The van der Waals surface area contributed by atoms with Crippen LogP contribution < -0.4 is 0 Å². The number of rotatable bonds is 6. The van der Waals surface area contributed by atoms with Gasteiger partial charge in [-0.1, -0.05) is 55.9 Å². The first kappa shape index (κ1) is 23.7. The molecule has 0 heterocycles. The molecule has 3 nitrogen and oxygen atoms in total. The van der Waals surface area contributed by atoms with Crippen LogP contribution in [0.25, 0.3) is 0 Å². The van der Waals surface area contributed by atoms with Crippen molar-refractivity contribution >= 4 is 5.97 Å². The number of carbonyl (C=O) groups is 1. The molecule has 0 bridgehead atoms. The molecule has 0 radical (unpaired) electrons. The van der Waals surface area contributed by atoms with Gasteiger partial charge in [-0.3, -0.25) is 0 Å². The molecular weight excluding hydrogens is 391 g/mol. The zero-order valence-electron chi connectivity index (χ0n) is 19.2. The van der Waals surface area contributed by atoms with Gasteiger partial charge in [-0.25, -0.2) is 9.18 Å². The molecule has 0 aromatic carbocycles. The minimum Gasteiger partial charge on any atom is -0.463 e. The van der Waals surface area contributed by atoms with E-state index in [4.69, 9.17) is 4.74 Å². The van der Waals surface area contributed by atoms with Crippen LogP contribution in [0.3, 0.4) is 0 Å². The standard InChI is InChI=1S/C27H37FO3/c1-5-31-26(30)10-6-8-18(2)23-13-14-24-20(9-7-15-27(23,24)4)11-12-21-16-22(29)17-25(28)19(21)3/h6,10-13,18,22,24-25,29H,3,5,7-9,14-17H2,1-2,4H3/b10-6+,20-11+,21-12-. The third kappa shape index (κ3) is 5.28. The summed E-state index contributed by atoms with van der Waals surface area (Å²) in [5, 5.41) is 9.94. The molecule has 3 aliphatic rings. The largest absolute Gasteiger partial charge is 0.463 e. The van der Waals surface area contributed by atoms with Crippen molar-refractivity contribution in [3.8, 4) is 0 Å². The van der Waals surface area contributed by atoms with E-state index in [9.17, 15) is 14.3 Å². The van der Waals surface area contributed by atoms with E-state index in [0.29, 0.717) is 30.4 Å². The number of carbonyl (C=O) groups excluding carboxylic acids is 1. The summed E-state index contributed by atoms with van der Waals surface area (Å²) in [4.78, 5) is 11.6. The maximum atomic E-state index is 14.1. The van der Waals surface area contributed by atoms with Crippen LogP contribution in [0.4, 0.5) is 4.39 Å². The summed E-state index contributed by atoms with van der Waals surface area (Å²) in [7, 11) is 0. The second kappa shape index (κ2) is 10.1. The predicted octanol–water partition coefficient (Wildman–Crippen LogP) is 6.17. The van der Waals surface area contributed by atoms with Crippen LogP contribution in [-0.2, 0) is 9.53 Å². The summed E-state index contributed by atoms with van der Waals surface area (Å²) in [6, 6.07) is 0. The number of ether oxygens (including phenoxy) is 1. The zero-order valence-corrected chi connectivity index (χ0v) is 19.2. The van der Waals surface area contributed by atoms with Crippen molar-refractivity contribution in [3.63, 3.8) is 0 Å². The first-order valence-corrected chi connectivity index (χ1v) is 11.7. The van der Waals surface area contributed by atoms with Crippen LogP contribution in [-0.4, -0.2) is 30.0 Å². The molecule has 0 spiro atoms. The van der Waals surface area contributed by atoms with Crippen molar-refractivity contribution in [2.45, 2.75) is 78.0 Å². The highest BCUT2D eigenvalue weighted by atomic mass is 19.1. The van der Waals surface area contributed by atoms with Gasteiger partial charge in [0.25, 0.3) is 0 Å². The number of allylic oxidation sites excluding steroid dienone is 7. The number of fused-ring (bicyclic) bond motifs is 1. The molecule has 1 N–H and O–H groups in total. The van der Waals surface area contributed by atoms with Gasteiger partial charge in [0, 0.05) is 12.5 Å².